The summed E-state index contributed by atoms with van der Waals surface area (Å²) in [7, 11) is 3.94. The van der Waals surface area contributed by atoms with E-state index < -0.39 is 0 Å². The maximum absolute atomic E-state index is 4.71. The van der Waals surface area contributed by atoms with E-state index >= 15 is 0 Å². The first-order valence-corrected chi connectivity index (χ1v) is 7.36. The minimum atomic E-state index is 0.544. The van der Waals surface area contributed by atoms with Gasteiger partial charge in [0.15, 0.2) is 0 Å². The Morgan fingerprint density at radius 1 is 1.24 bits per heavy atom. The largest absolute Gasteiger partial charge is 0.373 e. The van der Waals surface area contributed by atoms with Crippen LogP contribution >= 0.6 is 0 Å². The van der Waals surface area contributed by atoms with Crippen molar-refractivity contribution in [1.82, 2.24) is 15.0 Å². The molecule has 3 rings (SSSR count). The number of pyridine rings is 1. The Bertz CT molecular complexity index is 636. The first-order chi connectivity index (χ1) is 10.2. The fraction of sp³-hybridized carbons (Fsp3) is 0.438. The summed E-state index contributed by atoms with van der Waals surface area (Å²) in [6, 6.07) is 8.09. The van der Waals surface area contributed by atoms with E-state index in [1.807, 2.05) is 45.3 Å². The molecule has 0 aromatic carbocycles. The zero-order chi connectivity index (χ0) is 14.8. The van der Waals surface area contributed by atoms with Crippen LogP contribution in [0.3, 0.4) is 0 Å². The van der Waals surface area contributed by atoms with Gasteiger partial charge in [0.25, 0.3) is 0 Å². The van der Waals surface area contributed by atoms with Gasteiger partial charge < -0.3 is 10.2 Å². The van der Waals surface area contributed by atoms with Crippen LogP contribution in [-0.2, 0) is 6.54 Å². The van der Waals surface area contributed by atoms with Crippen LogP contribution in [0, 0.1) is 6.92 Å². The normalized spacial score (nSPS) is 14.0. The number of aromatic nitrogens is 3. The molecule has 1 fully saturated rings. The second-order valence-corrected chi connectivity index (χ2v) is 5.62. The minimum Gasteiger partial charge on any atom is -0.373 e. The van der Waals surface area contributed by atoms with Crippen molar-refractivity contribution in [2.45, 2.75) is 32.2 Å². The standard InChI is InChI=1S/C16H21N5/c1-11-5-4-6-13(18-11)10-21(3)15-9-14(17-2)19-16(20-15)12-7-8-12/h4-6,9,12H,7-8,10H2,1-3H3,(H,17,19,20). The SMILES string of the molecule is CNc1cc(N(C)Cc2cccc(C)n2)nc(C2CC2)n1. The van der Waals surface area contributed by atoms with Crippen LogP contribution in [0.15, 0.2) is 24.3 Å². The van der Waals surface area contributed by atoms with Gasteiger partial charge in [0, 0.05) is 31.8 Å². The molecule has 0 spiro atoms. The van der Waals surface area contributed by atoms with Crippen LogP contribution in [0.5, 0.6) is 0 Å². The topological polar surface area (TPSA) is 53.9 Å². The number of anilines is 2. The third-order valence-electron chi connectivity index (χ3n) is 3.66. The Labute approximate surface area is 125 Å². The third-order valence-corrected chi connectivity index (χ3v) is 3.66. The summed E-state index contributed by atoms with van der Waals surface area (Å²) in [6.45, 7) is 2.75. The predicted octanol–water partition coefficient (Wildman–Crippen LogP) is 2.74. The van der Waals surface area contributed by atoms with Crippen molar-refractivity contribution < 1.29 is 0 Å². The van der Waals surface area contributed by atoms with Crippen molar-refractivity contribution in [2.24, 2.45) is 0 Å². The first kappa shape index (κ1) is 13.8. The van der Waals surface area contributed by atoms with Crippen LogP contribution in [0.25, 0.3) is 0 Å². The van der Waals surface area contributed by atoms with Crippen molar-refractivity contribution in [3.8, 4) is 0 Å². The van der Waals surface area contributed by atoms with Crippen LogP contribution in [0.4, 0.5) is 11.6 Å². The zero-order valence-electron chi connectivity index (χ0n) is 12.8. The number of aryl methyl sites for hydroxylation is 1. The molecule has 0 aliphatic heterocycles. The molecule has 2 aromatic rings. The summed E-state index contributed by atoms with van der Waals surface area (Å²) < 4.78 is 0. The summed E-state index contributed by atoms with van der Waals surface area (Å²) in [4.78, 5) is 15.9. The third kappa shape index (κ3) is 3.29. The lowest BCUT2D eigenvalue weighted by Crippen LogP contribution is -2.19. The number of nitrogens with one attached hydrogen (secondary N) is 1. The molecular formula is C16H21N5. The van der Waals surface area contributed by atoms with Crippen LogP contribution in [0.1, 0.15) is 36.0 Å². The van der Waals surface area contributed by atoms with Crippen molar-refractivity contribution in [3.05, 3.63) is 41.5 Å². The van der Waals surface area contributed by atoms with E-state index in [1.165, 1.54) is 12.8 Å². The minimum absolute atomic E-state index is 0.544. The molecular weight excluding hydrogens is 262 g/mol. The van der Waals surface area contributed by atoms with Gasteiger partial charge in [0.05, 0.1) is 12.2 Å². The monoisotopic (exact) mass is 283 g/mol. The fourth-order valence-electron chi connectivity index (χ4n) is 2.31. The van der Waals surface area contributed by atoms with Gasteiger partial charge in [-0.1, -0.05) is 6.07 Å². The number of rotatable bonds is 5. The van der Waals surface area contributed by atoms with Gasteiger partial charge in [-0.15, -0.1) is 0 Å². The molecule has 1 aliphatic rings. The van der Waals surface area contributed by atoms with Gasteiger partial charge in [-0.2, -0.15) is 0 Å². The fourth-order valence-corrected chi connectivity index (χ4v) is 2.31. The molecule has 2 heterocycles. The van der Waals surface area contributed by atoms with E-state index in [2.05, 4.69) is 20.2 Å². The highest BCUT2D eigenvalue weighted by Crippen LogP contribution is 2.39. The molecule has 5 heteroatoms. The van der Waals surface area contributed by atoms with Crippen LogP contribution in [0.2, 0.25) is 0 Å². The lowest BCUT2D eigenvalue weighted by Gasteiger charge is -2.19. The number of nitrogens with zero attached hydrogens (tertiary/aromatic N) is 4. The Morgan fingerprint density at radius 3 is 2.71 bits per heavy atom. The van der Waals surface area contributed by atoms with Gasteiger partial charge in [-0.25, -0.2) is 9.97 Å². The summed E-state index contributed by atoms with van der Waals surface area (Å²) in [6.07, 6.45) is 2.41. The molecule has 0 saturated heterocycles. The molecule has 0 bridgehead atoms. The van der Waals surface area contributed by atoms with Crippen LogP contribution in [-0.4, -0.2) is 29.0 Å². The summed E-state index contributed by atoms with van der Waals surface area (Å²) >= 11 is 0. The highest BCUT2D eigenvalue weighted by atomic mass is 15.2. The lowest BCUT2D eigenvalue weighted by atomic mass is 10.3. The van der Waals surface area contributed by atoms with Crippen molar-refractivity contribution in [2.75, 3.05) is 24.3 Å². The van der Waals surface area contributed by atoms with Gasteiger partial charge >= 0.3 is 0 Å². The maximum atomic E-state index is 4.71. The number of hydrogen-bond acceptors (Lipinski definition) is 5. The Morgan fingerprint density at radius 2 is 2.05 bits per heavy atom. The molecule has 110 valence electrons. The van der Waals surface area contributed by atoms with E-state index in [1.54, 1.807) is 0 Å². The van der Waals surface area contributed by atoms with Crippen LogP contribution < -0.4 is 10.2 Å². The van der Waals surface area contributed by atoms with Gasteiger partial charge in [-0.05, 0) is 31.9 Å². The molecule has 5 nitrogen and oxygen atoms in total. The molecule has 21 heavy (non-hydrogen) atoms. The Hall–Kier alpha value is -2.17. The summed E-state index contributed by atoms with van der Waals surface area (Å²) in [5.74, 6) is 3.33. The molecule has 2 aromatic heterocycles. The zero-order valence-corrected chi connectivity index (χ0v) is 12.8. The smallest absolute Gasteiger partial charge is 0.136 e. The molecule has 1 aliphatic carbocycles. The van der Waals surface area contributed by atoms with E-state index in [0.717, 1.165) is 35.4 Å². The summed E-state index contributed by atoms with van der Waals surface area (Å²) in [5, 5.41) is 3.12. The second kappa shape index (κ2) is 5.68. The highest BCUT2D eigenvalue weighted by molar-refractivity contribution is 5.49. The van der Waals surface area contributed by atoms with Gasteiger partial charge in [0.2, 0.25) is 0 Å². The van der Waals surface area contributed by atoms with Gasteiger partial charge in [0.1, 0.15) is 17.5 Å². The highest BCUT2D eigenvalue weighted by Gasteiger charge is 2.27. The predicted molar refractivity (Wildman–Crippen MR) is 84.6 cm³/mol. The van der Waals surface area contributed by atoms with E-state index in [-0.39, 0.29) is 0 Å². The summed E-state index contributed by atoms with van der Waals surface area (Å²) in [5.41, 5.74) is 2.09. The Kier molecular flexibility index (Phi) is 3.73. The molecule has 1 saturated carbocycles. The van der Waals surface area contributed by atoms with E-state index in [0.29, 0.717) is 5.92 Å². The first-order valence-electron chi connectivity index (χ1n) is 7.36. The van der Waals surface area contributed by atoms with Crippen molar-refractivity contribution in [3.63, 3.8) is 0 Å². The van der Waals surface area contributed by atoms with Gasteiger partial charge in [-0.3, -0.25) is 4.98 Å². The molecule has 1 N–H and O–H groups in total. The quantitative estimate of drug-likeness (QED) is 0.914. The molecule has 0 radical (unpaired) electrons. The molecule has 0 unspecified atom stereocenters. The lowest BCUT2D eigenvalue weighted by molar-refractivity contribution is 0.833. The molecule has 0 amide bonds. The molecule has 0 atom stereocenters. The average molecular weight is 283 g/mol. The van der Waals surface area contributed by atoms with Crippen molar-refractivity contribution in [1.29, 1.82) is 0 Å². The second-order valence-electron chi connectivity index (χ2n) is 5.62. The van der Waals surface area contributed by atoms with E-state index in [4.69, 9.17) is 4.98 Å². The maximum Gasteiger partial charge on any atom is 0.136 e. The van der Waals surface area contributed by atoms with Crippen molar-refractivity contribution >= 4 is 11.6 Å². The average Bonchev–Trinajstić information content (AvgIpc) is 3.31. The number of hydrogen-bond donors (Lipinski definition) is 1. The Balaban J connectivity index is 1.83. The van der Waals surface area contributed by atoms with E-state index in [9.17, 15) is 0 Å².